The van der Waals surface area contributed by atoms with Gasteiger partial charge in [0.2, 0.25) is 0 Å². The van der Waals surface area contributed by atoms with E-state index in [0.717, 1.165) is 51.4 Å². The summed E-state index contributed by atoms with van der Waals surface area (Å²) in [5.41, 5.74) is 0. The van der Waals surface area contributed by atoms with Crippen LogP contribution in [0.5, 0.6) is 0 Å². The van der Waals surface area contributed by atoms with Gasteiger partial charge in [-0.3, -0.25) is 0 Å². The number of rotatable bonds is 20. The largest absolute Gasteiger partial charge is 1.00 e. The zero-order chi connectivity index (χ0) is 20.4. The molecule has 0 rings (SSSR count). The van der Waals surface area contributed by atoms with Gasteiger partial charge in [-0.1, -0.05) is 104 Å². The van der Waals surface area contributed by atoms with E-state index in [2.05, 4.69) is 13.8 Å². The Morgan fingerprint density at radius 2 is 0.964 bits per heavy atom. The molecule has 6 heteroatoms. The molecule has 0 saturated carbocycles. The van der Waals surface area contributed by atoms with Crippen molar-refractivity contribution in [2.75, 3.05) is 0 Å². The molecule has 0 aliphatic carbocycles. The molecule has 0 aromatic heterocycles. The Bertz CT molecular complexity index is 415. The number of aliphatic hydroxyl groups excluding tert-OH is 1. The van der Waals surface area contributed by atoms with Crippen LogP contribution in [-0.4, -0.2) is 29.4 Å². The van der Waals surface area contributed by atoms with E-state index >= 15 is 0 Å². The minimum absolute atomic E-state index is 0. The fraction of sp³-hybridized carbons (Fsp3) is 1.00. The normalized spacial score (nSPS) is 13.9. The molecular weight excluding hydrogens is 383 g/mol. The van der Waals surface area contributed by atoms with Crippen LogP contribution < -0.4 is 29.6 Å². The number of hydrogen-bond acceptors (Lipinski definition) is 4. The molecule has 0 aliphatic rings. The van der Waals surface area contributed by atoms with Gasteiger partial charge in [-0.25, -0.2) is 8.42 Å². The van der Waals surface area contributed by atoms with Crippen molar-refractivity contribution in [3.05, 3.63) is 0 Å². The summed E-state index contributed by atoms with van der Waals surface area (Å²) in [5, 5.41) is 9.33. The molecule has 2 atom stereocenters. The van der Waals surface area contributed by atoms with E-state index in [4.69, 9.17) is 0 Å². The molecule has 0 fully saturated rings. The van der Waals surface area contributed by atoms with Crippen LogP contribution in [0.4, 0.5) is 0 Å². The maximum atomic E-state index is 11.4. The first-order valence-electron chi connectivity index (χ1n) is 11.5. The van der Waals surface area contributed by atoms with Crippen LogP contribution >= 0.6 is 0 Å². The Morgan fingerprint density at radius 3 is 1.43 bits per heavy atom. The average molecular weight is 429 g/mol. The van der Waals surface area contributed by atoms with Gasteiger partial charge in [0.05, 0.1) is 16.2 Å². The first-order chi connectivity index (χ1) is 12.9. The van der Waals surface area contributed by atoms with Crippen molar-refractivity contribution in [1.82, 2.24) is 0 Å². The van der Waals surface area contributed by atoms with Crippen LogP contribution in [0.25, 0.3) is 0 Å². The van der Waals surface area contributed by atoms with E-state index < -0.39 is 15.4 Å². The minimum Gasteiger partial charge on any atom is -0.748 e. The summed E-state index contributed by atoms with van der Waals surface area (Å²) in [6.45, 7) is 4.34. The third-order valence-electron chi connectivity index (χ3n) is 5.49. The van der Waals surface area contributed by atoms with Crippen LogP contribution in [0.1, 0.15) is 129 Å². The Balaban J connectivity index is 0. The van der Waals surface area contributed by atoms with Gasteiger partial charge in [0.1, 0.15) is 0 Å². The second-order valence-electron chi connectivity index (χ2n) is 8.17. The van der Waals surface area contributed by atoms with Gasteiger partial charge in [-0.15, -0.1) is 0 Å². The molecule has 28 heavy (non-hydrogen) atoms. The number of hydrogen-bond donors (Lipinski definition) is 1. The maximum absolute atomic E-state index is 11.4. The predicted molar refractivity (Wildman–Crippen MR) is 114 cm³/mol. The van der Waals surface area contributed by atoms with Crippen molar-refractivity contribution >= 4 is 10.1 Å². The van der Waals surface area contributed by atoms with Crippen molar-refractivity contribution in [3.63, 3.8) is 0 Å². The maximum Gasteiger partial charge on any atom is 1.00 e. The van der Waals surface area contributed by atoms with Crippen molar-refractivity contribution in [1.29, 1.82) is 0 Å². The summed E-state index contributed by atoms with van der Waals surface area (Å²) < 4.78 is 34.2. The molecule has 0 spiro atoms. The summed E-state index contributed by atoms with van der Waals surface area (Å²) in [6, 6.07) is 0. The Hall–Kier alpha value is 0.870. The SMILES string of the molecule is CCCCCCCCCCC(O)CCCCC(CCCCCC)S(=O)(=O)[O-].[Na+]. The van der Waals surface area contributed by atoms with Crippen molar-refractivity contribution in [2.24, 2.45) is 0 Å². The fourth-order valence-electron chi connectivity index (χ4n) is 3.64. The van der Waals surface area contributed by atoms with Crippen LogP contribution in [-0.2, 0) is 10.1 Å². The summed E-state index contributed by atoms with van der Waals surface area (Å²) in [6.07, 6.45) is 17.9. The van der Waals surface area contributed by atoms with Gasteiger partial charge in [0.25, 0.3) is 0 Å². The van der Waals surface area contributed by atoms with Gasteiger partial charge in [-0.05, 0) is 25.7 Å². The molecule has 0 bridgehead atoms. The molecule has 2 unspecified atom stereocenters. The third-order valence-corrected chi connectivity index (χ3v) is 6.78. The van der Waals surface area contributed by atoms with E-state index in [9.17, 15) is 18.1 Å². The summed E-state index contributed by atoms with van der Waals surface area (Å²) in [4.78, 5) is 0. The smallest absolute Gasteiger partial charge is 0.748 e. The Labute approximate surface area is 197 Å². The summed E-state index contributed by atoms with van der Waals surface area (Å²) in [7, 11) is -4.19. The van der Waals surface area contributed by atoms with Crippen LogP contribution in [0.15, 0.2) is 0 Å². The number of unbranched alkanes of at least 4 members (excludes halogenated alkanes) is 11. The summed E-state index contributed by atoms with van der Waals surface area (Å²) in [5.74, 6) is 0. The molecule has 1 N–H and O–H groups in total. The van der Waals surface area contributed by atoms with Gasteiger partial charge in [0, 0.05) is 5.25 Å². The molecule has 0 aromatic rings. The van der Waals surface area contributed by atoms with Gasteiger partial charge in [0.15, 0.2) is 0 Å². The Kier molecular flexibility index (Phi) is 23.4. The first kappa shape index (κ1) is 31.1. The average Bonchev–Trinajstić information content (AvgIpc) is 2.61. The van der Waals surface area contributed by atoms with Crippen LogP contribution in [0.2, 0.25) is 0 Å². The van der Waals surface area contributed by atoms with Crippen molar-refractivity contribution in [3.8, 4) is 0 Å². The quantitative estimate of drug-likeness (QED) is 0.183. The molecular formula is C22H45NaO4S. The van der Waals surface area contributed by atoms with E-state index in [1.54, 1.807) is 0 Å². The van der Waals surface area contributed by atoms with Crippen molar-refractivity contribution < 1.29 is 47.6 Å². The third kappa shape index (κ3) is 20.2. The van der Waals surface area contributed by atoms with E-state index in [-0.39, 0.29) is 35.7 Å². The number of aliphatic hydroxyl groups is 1. The molecule has 0 heterocycles. The topological polar surface area (TPSA) is 77.4 Å². The fourth-order valence-corrected chi connectivity index (χ4v) is 4.55. The zero-order valence-electron chi connectivity index (χ0n) is 19.0. The molecule has 0 radical (unpaired) electrons. The second kappa shape index (κ2) is 21.1. The molecule has 0 aliphatic heterocycles. The van der Waals surface area contributed by atoms with Gasteiger partial charge < -0.3 is 9.66 Å². The van der Waals surface area contributed by atoms with Crippen molar-refractivity contribution in [2.45, 2.75) is 141 Å². The zero-order valence-corrected chi connectivity index (χ0v) is 21.8. The van der Waals surface area contributed by atoms with E-state index in [1.807, 2.05) is 0 Å². The summed E-state index contributed by atoms with van der Waals surface area (Å²) >= 11 is 0. The van der Waals surface area contributed by atoms with Crippen LogP contribution in [0.3, 0.4) is 0 Å². The Morgan fingerprint density at radius 1 is 0.643 bits per heavy atom. The molecule has 0 aromatic carbocycles. The van der Waals surface area contributed by atoms with Crippen LogP contribution in [0, 0.1) is 0 Å². The molecule has 164 valence electrons. The molecule has 0 saturated heterocycles. The predicted octanol–water partition coefficient (Wildman–Crippen LogP) is 3.33. The monoisotopic (exact) mass is 428 g/mol. The first-order valence-corrected chi connectivity index (χ1v) is 13.0. The van der Waals surface area contributed by atoms with Gasteiger partial charge in [-0.2, -0.15) is 0 Å². The standard InChI is InChI=1S/C22H46O4S.Na/c1-3-5-7-9-10-11-12-13-17-21(23)18-15-16-20-22(27(24,25)26)19-14-8-6-4-2;/h21-23H,3-20H2,1-2H3,(H,24,25,26);/q;+1/p-1. The molecule has 0 amide bonds. The van der Waals surface area contributed by atoms with E-state index in [0.29, 0.717) is 19.3 Å². The van der Waals surface area contributed by atoms with E-state index in [1.165, 1.54) is 44.9 Å². The van der Waals surface area contributed by atoms with Gasteiger partial charge >= 0.3 is 29.6 Å². The molecule has 4 nitrogen and oxygen atoms in total. The second-order valence-corrected chi connectivity index (χ2v) is 9.82. The minimum atomic E-state index is -4.19.